The van der Waals surface area contributed by atoms with E-state index in [4.69, 9.17) is 9.47 Å². The van der Waals surface area contributed by atoms with Gasteiger partial charge in [-0.05, 0) is 30.7 Å². The Kier molecular flexibility index (Phi) is 4.99. The van der Waals surface area contributed by atoms with Crippen LogP contribution in [0.2, 0.25) is 0 Å². The molecule has 1 aromatic rings. The number of ether oxygens (including phenoxy) is 2. The number of aliphatic hydroxyl groups is 1. The molecule has 0 heterocycles. The zero-order valence-electron chi connectivity index (χ0n) is 11.8. The first-order chi connectivity index (χ1) is 8.49. The van der Waals surface area contributed by atoms with Gasteiger partial charge in [-0.2, -0.15) is 0 Å². The number of benzene rings is 1. The van der Waals surface area contributed by atoms with Crippen LogP contribution in [-0.2, 0) is 5.60 Å². The Morgan fingerprint density at radius 1 is 1.22 bits per heavy atom. The van der Waals surface area contributed by atoms with Gasteiger partial charge in [-0.15, -0.1) is 0 Å². The highest BCUT2D eigenvalue weighted by Crippen LogP contribution is 2.35. The lowest BCUT2D eigenvalue weighted by Crippen LogP contribution is -2.41. The van der Waals surface area contributed by atoms with Gasteiger partial charge < -0.3 is 19.9 Å². The summed E-state index contributed by atoms with van der Waals surface area (Å²) < 4.78 is 10.5. The number of rotatable bonds is 6. The van der Waals surface area contributed by atoms with E-state index < -0.39 is 5.60 Å². The van der Waals surface area contributed by atoms with Crippen LogP contribution in [0, 0.1) is 5.92 Å². The predicted molar refractivity (Wildman–Crippen MR) is 72.2 cm³/mol. The van der Waals surface area contributed by atoms with E-state index in [0.717, 1.165) is 5.56 Å². The maximum Gasteiger partial charge on any atom is 0.161 e. The van der Waals surface area contributed by atoms with E-state index >= 15 is 0 Å². The summed E-state index contributed by atoms with van der Waals surface area (Å²) in [6.07, 6.45) is 0. The molecule has 0 aliphatic heterocycles. The number of hydrogen-bond acceptors (Lipinski definition) is 4. The first-order valence-electron chi connectivity index (χ1n) is 6.09. The summed E-state index contributed by atoms with van der Waals surface area (Å²) in [5, 5.41) is 13.8. The van der Waals surface area contributed by atoms with Crippen molar-refractivity contribution in [3.63, 3.8) is 0 Å². The summed E-state index contributed by atoms with van der Waals surface area (Å²) in [5.74, 6) is 1.38. The summed E-state index contributed by atoms with van der Waals surface area (Å²) in [5.41, 5.74) is -0.0987. The second kappa shape index (κ2) is 6.07. The maximum absolute atomic E-state index is 10.8. The van der Waals surface area contributed by atoms with Crippen molar-refractivity contribution in [2.45, 2.75) is 19.4 Å². The fourth-order valence-corrected chi connectivity index (χ4v) is 2.01. The molecule has 0 aliphatic rings. The highest BCUT2D eigenvalue weighted by Gasteiger charge is 2.33. The molecule has 1 unspecified atom stereocenters. The van der Waals surface area contributed by atoms with Gasteiger partial charge in [0.15, 0.2) is 11.5 Å². The fraction of sp³-hybridized carbons (Fsp3) is 0.571. The summed E-state index contributed by atoms with van der Waals surface area (Å²) in [6, 6.07) is 5.52. The Morgan fingerprint density at radius 3 is 2.28 bits per heavy atom. The van der Waals surface area contributed by atoms with Crippen molar-refractivity contribution in [2.75, 3.05) is 27.8 Å². The molecule has 102 valence electrons. The van der Waals surface area contributed by atoms with Gasteiger partial charge in [0, 0.05) is 6.54 Å². The molecule has 0 amide bonds. The van der Waals surface area contributed by atoms with E-state index in [1.54, 1.807) is 14.2 Å². The van der Waals surface area contributed by atoms with Gasteiger partial charge >= 0.3 is 0 Å². The van der Waals surface area contributed by atoms with Crippen LogP contribution in [0.4, 0.5) is 0 Å². The van der Waals surface area contributed by atoms with Crippen molar-refractivity contribution >= 4 is 0 Å². The fourth-order valence-electron chi connectivity index (χ4n) is 2.01. The SMILES string of the molecule is CNCC(O)(c1ccc(OC)c(OC)c1)C(C)C. The van der Waals surface area contributed by atoms with Gasteiger partial charge in [0.25, 0.3) is 0 Å². The normalized spacial score (nSPS) is 14.4. The molecule has 1 atom stereocenters. The van der Waals surface area contributed by atoms with Gasteiger partial charge in [0.2, 0.25) is 0 Å². The lowest BCUT2D eigenvalue weighted by atomic mass is 9.83. The largest absolute Gasteiger partial charge is 0.493 e. The Balaban J connectivity index is 3.21. The smallest absolute Gasteiger partial charge is 0.161 e. The van der Waals surface area contributed by atoms with Crippen molar-refractivity contribution in [3.8, 4) is 11.5 Å². The lowest BCUT2D eigenvalue weighted by molar-refractivity contribution is -0.00777. The van der Waals surface area contributed by atoms with E-state index in [9.17, 15) is 5.11 Å². The zero-order chi connectivity index (χ0) is 13.8. The molecule has 0 saturated heterocycles. The monoisotopic (exact) mass is 253 g/mol. The molecule has 0 aliphatic carbocycles. The maximum atomic E-state index is 10.8. The molecule has 4 nitrogen and oxygen atoms in total. The molecule has 0 saturated carbocycles. The quantitative estimate of drug-likeness (QED) is 0.811. The molecule has 18 heavy (non-hydrogen) atoms. The van der Waals surface area contributed by atoms with Crippen LogP contribution in [0.5, 0.6) is 11.5 Å². The number of methoxy groups -OCH3 is 2. The lowest BCUT2D eigenvalue weighted by Gasteiger charge is -2.33. The highest BCUT2D eigenvalue weighted by atomic mass is 16.5. The van der Waals surface area contributed by atoms with Crippen LogP contribution in [0.25, 0.3) is 0 Å². The molecule has 1 rings (SSSR count). The van der Waals surface area contributed by atoms with Crippen LogP contribution in [0.1, 0.15) is 19.4 Å². The average Bonchev–Trinajstić information content (AvgIpc) is 2.37. The summed E-state index contributed by atoms with van der Waals surface area (Å²) in [7, 11) is 5.02. The molecular weight excluding hydrogens is 230 g/mol. The molecule has 0 fully saturated rings. The minimum Gasteiger partial charge on any atom is -0.493 e. The number of hydrogen-bond donors (Lipinski definition) is 2. The molecule has 4 heteroatoms. The summed E-state index contributed by atoms with van der Waals surface area (Å²) in [6.45, 7) is 4.47. The van der Waals surface area contributed by atoms with Crippen molar-refractivity contribution in [1.82, 2.24) is 5.32 Å². The highest BCUT2D eigenvalue weighted by molar-refractivity contribution is 5.44. The zero-order valence-corrected chi connectivity index (χ0v) is 11.8. The Morgan fingerprint density at radius 2 is 1.83 bits per heavy atom. The van der Waals surface area contributed by atoms with Crippen molar-refractivity contribution in [1.29, 1.82) is 0 Å². The first-order valence-corrected chi connectivity index (χ1v) is 6.09. The third-order valence-electron chi connectivity index (χ3n) is 3.28. The van der Waals surface area contributed by atoms with Gasteiger partial charge in [0.05, 0.1) is 14.2 Å². The van der Waals surface area contributed by atoms with Gasteiger partial charge in [-0.25, -0.2) is 0 Å². The predicted octanol–water partition coefficient (Wildman–Crippen LogP) is 1.77. The Hall–Kier alpha value is -1.26. The molecule has 0 spiro atoms. The number of likely N-dealkylation sites (N-methyl/N-ethyl adjacent to an activating group) is 1. The molecule has 2 N–H and O–H groups in total. The minimum atomic E-state index is -0.922. The van der Waals surface area contributed by atoms with Crippen LogP contribution in [0.3, 0.4) is 0 Å². The third kappa shape index (κ3) is 2.76. The standard InChI is InChI=1S/C14H23NO3/c1-10(2)14(16,9-15-3)11-6-7-12(17-4)13(8-11)18-5/h6-8,10,15-16H,9H2,1-5H3. The molecular formula is C14H23NO3. The third-order valence-corrected chi connectivity index (χ3v) is 3.28. The number of nitrogens with one attached hydrogen (secondary N) is 1. The molecule has 0 radical (unpaired) electrons. The van der Waals surface area contributed by atoms with E-state index in [1.165, 1.54) is 0 Å². The van der Waals surface area contributed by atoms with E-state index in [-0.39, 0.29) is 5.92 Å². The first kappa shape index (κ1) is 14.8. The van der Waals surface area contributed by atoms with E-state index in [2.05, 4.69) is 5.32 Å². The van der Waals surface area contributed by atoms with Crippen LogP contribution in [0.15, 0.2) is 18.2 Å². The Bertz CT molecular complexity index is 393. The average molecular weight is 253 g/mol. The summed E-state index contributed by atoms with van der Waals surface area (Å²) >= 11 is 0. The minimum absolute atomic E-state index is 0.0862. The van der Waals surface area contributed by atoms with Crippen LogP contribution >= 0.6 is 0 Å². The van der Waals surface area contributed by atoms with Gasteiger partial charge in [-0.3, -0.25) is 0 Å². The van der Waals surface area contributed by atoms with E-state index in [0.29, 0.717) is 18.0 Å². The molecule has 1 aromatic carbocycles. The van der Waals surface area contributed by atoms with Crippen LogP contribution < -0.4 is 14.8 Å². The van der Waals surface area contributed by atoms with Gasteiger partial charge in [0.1, 0.15) is 5.60 Å². The van der Waals surface area contributed by atoms with Crippen molar-refractivity contribution < 1.29 is 14.6 Å². The second-order valence-electron chi connectivity index (χ2n) is 4.68. The van der Waals surface area contributed by atoms with Gasteiger partial charge in [-0.1, -0.05) is 19.9 Å². The Labute approximate surface area is 109 Å². The van der Waals surface area contributed by atoms with Crippen LogP contribution in [-0.4, -0.2) is 32.9 Å². The van der Waals surface area contributed by atoms with E-state index in [1.807, 2.05) is 39.1 Å². The topological polar surface area (TPSA) is 50.7 Å². The second-order valence-corrected chi connectivity index (χ2v) is 4.68. The van der Waals surface area contributed by atoms with Crippen molar-refractivity contribution in [3.05, 3.63) is 23.8 Å². The molecule has 0 aromatic heterocycles. The van der Waals surface area contributed by atoms with Crippen molar-refractivity contribution in [2.24, 2.45) is 5.92 Å². The summed E-state index contributed by atoms with van der Waals surface area (Å²) in [4.78, 5) is 0. The molecule has 0 bridgehead atoms.